The van der Waals surface area contributed by atoms with E-state index in [9.17, 15) is 5.11 Å². The van der Waals surface area contributed by atoms with Crippen LogP contribution in [0.5, 0.6) is 0 Å². The lowest BCUT2D eigenvalue weighted by Crippen LogP contribution is -2.43. The van der Waals surface area contributed by atoms with E-state index >= 15 is 0 Å². The average molecular weight is 193 g/mol. The number of nitrogens with zero attached hydrogens (tertiary/aromatic N) is 1. The zero-order valence-corrected chi connectivity index (χ0v) is 9.36. The van der Waals surface area contributed by atoms with E-state index in [0.717, 1.165) is 5.56 Å². The lowest BCUT2D eigenvalue weighted by Gasteiger charge is -2.35. The second-order valence-corrected chi connectivity index (χ2v) is 4.15. The van der Waals surface area contributed by atoms with Crippen molar-refractivity contribution in [2.75, 3.05) is 14.1 Å². The minimum absolute atomic E-state index is 0.0879. The fraction of sp³-hybridized carbons (Fsp3) is 0.500. The van der Waals surface area contributed by atoms with Gasteiger partial charge >= 0.3 is 0 Å². The normalized spacial score (nSPS) is 17.9. The summed E-state index contributed by atoms with van der Waals surface area (Å²) in [5.41, 5.74) is 0.159. The van der Waals surface area contributed by atoms with Gasteiger partial charge < -0.3 is 10.0 Å². The minimum Gasteiger partial charge on any atom is -0.384 e. The molecule has 0 spiro atoms. The van der Waals surface area contributed by atoms with Crippen LogP contribution >= 0.6 is 0 Å². The third-order valence-electron chi connectivity index (χ3n) is 2.95. The van der Waals surface area contributed by atoms with Crippen molar-refractivity contribution < 1.29 is 5.11 Å². The number of likely N-dealkylation sites (N-methyl/N-ethyl adjacent to an activating group) is 1. The molecule has 0 aromatic heterocycles. The third-order valence-corrected chi connectivity index (χ3v) is 2.95. The highest BCUT2D eigenvalue weighted by Crippen LogP contribution is 2.26. The van der Waals surface area contributed by atoms with Gasteiger partial charge in [-0.3, -0.25) is 0 Å². The second-order valence-electron chi connectivity index (χ2n) is 4.15. The Bertz CT molecular complexity index is 280. The maximum Gasteiger partial charge on any atom is 0.102 e. The zero-order chi connectivity index (χ0) is 10.8. The maximum absolute atomic E-state index is 10.4. The summed E-state index contributed by atoms with van der Waals surface area (Å²) in [5, 5.41) is 10.4. The SMILES string of the molecule is C[C@@H](N(C)C)[C@@](C)(O)c1ccccc1. The van der Waals surface area contributed by atoms with E-state index in [2.05, 4.69) is 0 Å². The first-order chi connectivity index (χ1) is 6.46. The molecule has 78 valence electrons. The van der Waals surface area contributed by atoms with Crippen molar-refractivity contribution in [2.24, 2.45) is 0 Å². The Hall–Kier alpha value is -0.860. The van der Waals surface area contributed by atoms with Crippen LogP contribution in [0.2, 0.25) is 0 Å². The molecule has 1 aromatic carbocycles. The molecular weight excluding hydrogens is 174 g/mol. The molecule has 0 aliphatic rings. The van der Waals surface area contributed by atoms with E-state index in [-0.39, 0.29) is 6.04 Å². The summed E-state index contributed by atoms with van der Waals surface area (Å²) in [6, 6.07) is 9.86. The van der Waals surface area contributed by atoms with Crippen LogP contribution in [0.4, 0.5) is 0 Å². The molecule has 0 fully saturated rings. The van der Waals surface area contributed by atoms with Crippen molar-refractivity contribution in [3.63, 3.8) is 0 Å². The van der Waals surface area contributed by atoms with Crippen molar-refractivity contribution in [2.45, 2.75) is 25.5 Å². The summed E-state index contributed by atoms with van der Waals surface area (Å²) in [7, 11) is 3.95. The van der Waals surface area contributed by atoms with Crippen LogP contribution in [0.15, 0.2) is 30.3 Å². The molecule has 1 aromatic rings. The van der Waals surface area contributed by atoms with Crippen LogP contribution in [-0.2, 0) is 5.60 Å². The Kier molecular flexibility index (Phi) is 3.29. The largest absolute Gasteiger partial charge is 0.384 e. The van der Waals surface area contributed by atoms with Crippen LogP contribution in [0.3, 0.4) is 0 Å². The number of hydrogen-bond acceptors (Lipinski definition) is 2. The smallest absolute Gasteiger partial charge is 0.102 e. The van der Waals surface area contributed by atoms with Crippen LogP contribution in [-0.4, -0.2) is 30.1 Å². The molecular formula is C12H19NO. The van der Waals surface area contributed by atoms with E-state index in [4.69, 9.17) is 0 Å². The molecule has 14 heavy (non-hydrogen) atoms. The van der Waals surface area contributed by atoms with Gasteiger partial charge in [-0.2, -0.15) is 0 Å². The van der Waals surface area contributed by atoms with Gasteiger partial charge in [0.05, 0.1) is 0 Å². The molecule has 0 aliphatic heterocycles. The molecule has 0 amide bonds. The highest BCUT2D eigenvalue weighted by Gasteiger charge is 2.31. The summed E-state index contributed by atoms with van der Waals surface area (Å²) >= 11 is 0. The second kappa shape index (κ2) is 4.11. The average Bonchev–Trinajstić information content (AvgIpc) is 2.18. The highest BCUT2D eigenvalue weighted by atomic mass is 16.3. The van der Waals surface area contributed by atoms with Crippen LogP contribution in [0.25, 0.3) is 0 Å². The maximum atomic E-state index is 10.4. The van der Waals surface area contributed by atoms with Crippen LogP contribution in [0, 0.1) is 0 Å². The first kappa shape index (κ1) is 11.2. The Morgan fingerprint density at radius 3 is 2.14 bits per heavy atom. The summed E-state index contributed by atoms with van der Waals surface area (Å²) in [6.45, 7) is 3.88. The molecule has 2 heteroatoms. The molecule has 2 atom stereocenters. The number of rotatable bonds is 3. The Labute approximate surface area is 86.2 Å². The Morgan fingerprint density at radius 2 is 1.71 bits per heavy atom. The topological polar surface area (TPSA) is 23.5 Å². The van der Waals surface area contributed by atoms with Crippen molar-refractivity contribution in [3.05, 3.63) is 35.9 Å². The molecule has 1 N–H and O–H groups in total. The van der Waals surface area contributed by atoms with Gasteiger partial charge in [-0.05, 0) is 33.5 Å². The molecule has 2 nitrogen and oxygen atoms in total. The van der Waals surface area contributed by atoms with Crippen LogP contribution < -0.4 is 0 Å². The quantitative estimate of drug-likeness (QED) is 0.792. The fourth-order valence-electron chi connectivity index (χ4n) is 1.52. The van der Waals surface area contributed by atoms with Crippen molar-refractivity contribution in [1.82, 2.24) is 4.90 Å². The van der Waals surface area contributed by atoms with Gasteiger partial charge in [0.25, 0.3) is 0 Å². The van der Waals surface area contributed by atoms with E-state index in [1.54, 1.807) is 0 Å². The van der Waals surface area contributed by atoms with Crippen LogP contribution in [0.1, 0.15) is 19.4 Å². The first-order valence-electron chi connectivity index (χ1n) is 4.90. The monoisotopic (exact) mass is 193 g/mol. The third kappa shape index (κ3) is 2.14. The fourth-order valence-corrected chi connectivity index (χ4v) is 1.52. The van der Waals surface area contributed by atoms with E-state index in [0.29, 0.717) is 0 Å². The van der Waals surface area contributed by atoms with Crippen molar-refractivity contribution in [3.8, 4) is 0 Å². The lowest BCUT2D eigenvalue weighted by atomic mass is 9.89. The van der Waals surface area contributed by atoms with Gasteiger partial charge in [0.2, 0.25) is 0 Å². The molecule has 0 saturated heterocycles. The van der Waals surface area contributed by atoms with E-state index in [1.165, 1.54) is 0 Å². The Balaban J connectivity index is 2.96. The molecule has 0 heterocycles. The van der Waals surface area contributed by atoms with Gasteiger partial charge in [-0.25, -0.2) is 0 Å². The molecule has 0 bridgehead atoms. The standard InChI is InChI=1S/C12H19NO/c1-10(13(3)4)12(2,14)11-8-6-5-7-9-11/h5-10,14H,1-4H3/t10-,12-/m1/s1. The van der Waals surface area contributed by atoms with Gasteiger partial charge in [0, 0.05) is 6.04 Å². The first-order valence-corrected chi connectivity index (χ1v) is 4.90. The van der Waals surface area contributed by atoms with Crippen molar-refractivity contribution in [1.29, 1.82) is 0 Å². The molecule has 0 aliphatic carbocycles. The minimum atomic E-state index is -0.801. The van der Waals surface area contributed by atoms with Gasteiger partial charge in [-0.1, -0.05) is 30.3 Å². The number of benzene rings is 1. The van der Waals surface area contributed by atoms with Gasteiger partial charge in [0.1, 0.15) is 5.60 Å². The highest BCUT2D eigenvalue weighted by molar-refractivity contribution is 5.23. The Morgan fingerprint density at radius 1 is 1.21 bits per heavy atom. The number of hydrogen-bond donors (Lipinski definition) is 1. The predicted octanol–water partition coefficient (Wildman–Crippen LogP) is 1.84. The zero-order valence-electron chi connectivity index (χ0n) is 9.36. The summed E-state index contributed by atoms with van der Waals surface area (Å²) < 4.78 is 0. The summed E-state index contributed by atoms with van der Waals surface area (Å²) in [4.78, 5) is 2.02. The van der Waals surface area contributed by atoms with Crippen molar-refractivity contribution >= 4 is 0 Å². The molecule has 0 unspecified atom stereocenters. The van der Waals surface area contributed by atoms with Gasteiger partial charge in [0.15, 0.2) is 0 Å². The van der Waals surface area contributed by atoms with Gasteiger partial charge in [-0.15, -0.1) is 0 Å². The molecule has 1 rings (SSSR count). The van der Waals surface area contributed by atoms with E-state index < -0.39 is 5.60 Å². The lowest BCUT2D eigenvalue weighted by molar-refractivity contribution is -0.0148. The molecule has 0 saturated carbocycles. The molecule has 0 radical (unpaired) electrons. The summed E-state index contributed by atoms with van der Waals surface area (Å²) in [5.74, 6) is 0. The summed E-state index contributed by atoms with van der Waals surface area (Å²) in [6.07, 6.45) is 0. The number of aliphatic hydroxyl groups is 1. The predicted molar refractivity (Wildman–Crippen MR) is 59.2 cm³/mol. The van der Waals surface area contributed by atoms with E-state index in [1.807, 2.05) is 63.2 Å².